The van der Waals surface area contributed by atoms with E-state index >= 15 is 0 Å². The van der Waals surface area contributed by atoms with Crippen molar-refractivity contribution >= 4 is 5.91 Å². The van der Waals surface area contributed by atoms with Crippen LogP contribution in [0.25, 0.3) is 0 Å². The predicted octanol–water partition coefficient (Wildman–Crippen LogP) is 1.38. The lowest BCUT2D eigenvalue weighted by atomic mass is 9.97. The summed E-state index contributed by atoms with van der Waals surface area (Å²) in [7, 11) is 0. The molecule has 132 valence electrons. The topological polar surface area (TPSA) is 55.8 Å². The van der Waals surface area contributed by atoms with Crippen molar-refractivity contribution < 1.29 is 9.90 Å². The number of carbonyl (C=O) groups is 1. The molecule has 1 aliphatic carbocycles. The highest BCUT2D eigenvalue weighted by Crippen LogP contribution is 2.19. The lowest BCUT2D eigenvalue weighted by Gasteiger charge is -2.37. The van der Waals surface area contributed by atoms with Gasteiger partial charge in [-0.15, -0.1) is 0 Å². The lowest BCUT2D eigenvalue weighted by molar-refractivity contribution is -0.126. The van der Waals surface area contributed by atoms with E-state index in [1.807, 2.05) is 13.8 Å². The number of hydrogen-bond acceptors (Lipinski definition) is 4. The van der Waals surface area contributed by atoms with Crippen LogP contribution in [0.5, 0.6) is 0 Å². The SMILES string of the molecule is C[C@H](C(=O)NCCC1=CCCCC1)N1CCN(C[C@@H](C)O)CC1. The second-order valence-corrected chi connectivity index (χ2v) is 7.01. The largest absolute Gasteiger partial charge is 0.392 e. The number of nitrogens with zero attached hydrogens (tertiary/aromatic N) is 2. The minimum atomic E-state index is -0.281. The zero-order valence-electron chi connectivity index (χ0n) is 14.8. The summed E-state index contributed by atoms with van der Waals surface area (Å²) in [6.45, 7) is 8.95. The molecule has 2 atom stereocenters. The molecule has 0 unspecified atom stereocenters. The number of rotatable bonds is 7. The fraction of sp³-hybridized carbons (Fsp3) is 0.833. The third-order valence-electron chi connectivity index (χ3n) is 4.99. The van der Waals surface area contributed by atoms with Crippen LogP contribution < -0.4 is 5.32 Å². The van der Waals surface area contributed by atoms with Crippen LogP contribution in [0.15, 0.2) is 11.6 Å². The van der Waals surface area contributed by atoms with Crippen molar-refractivity contribution in [3.8, 4) is 0 Å². The molecule has 0 bridgehead atoms. The predicted molar refractivity (Wildman–Crippen MR) is 93.3 cm³/mol. The zero-order valence-corrected chi connectivity index (χ0v) is 14.8. The standard InChI is InChI=1S/C18H33N3O2/c1-15(22)14-20-10-12-21(13-11-20)16(2)18(23)19-9-8-17-6-4-3-5-7-17/h6,15-16,22H,3-5,7-14H2,1-2H3,(H,19,23)/t15-,16-/m1/s1. The molecule has 1 fully saturated rings. The van der Waals surface area contributed by atoms with Crippen LogP contribution >= 0.6 is 0 Å². The highest BCUT2D eigenvalue weighted by atomic mass is 16.3. The number of amides is 1. The summed E-state index contributed by atoms with van der Waals surface area (Å²) in [5.41, 5.74) is 1.51. The van der Waals surface area contributed by atoms with Gasteiger partial charge in [0, 0.05) is 39.3 Å². The maximum absolute atomic E-state index is 12.3. The van der Waals surface area contributed by atoms with Gasteiger partial charge in [0.25, 0.3) is 0 Å². The second-order valence-electron chi connectivity index (χ2n) is 7.01. The molecule has 2 rings (SSSR count). The Morgan fingerprint density at radius 2 is 2.00 bits per heavy atom. The number of nitrogens with one attached hydrogen (secondary N) is 1. The molecule has 0 aromatic rings. The van der Waals surface area contributed by atoms with E-state index in [0.717, 1.165) is 45.7 Å². The van der Waals surface area contributed by atoms with E-state index < -0.39 is 0 Å². The van der Waals surface area contributed by atoms with Gasteiger partial charge >= 0.3 is 0 Å². The normalized spacial score (nSPS) is 23.2. The van der Waals surface area contributed by atoms with Gasteiger partial charge in [-0.2, -0.15) is 0 Å². The number of carbonyl (C=O) groups excluding carboxylic acids is 1. The number of β-amino-alcohol motifs (C(OH)–C–C–N with tert-alkyl or cyclic N) is 1. The van der Waals surface area contributed by atoms with Crippen LogP contribution in [0.1, 0.15) is 46.0 Å². The molecule has 2 N–H and O–H groups in total. The molecule has 0 radical (unpaired) electrons. The second kappa shape index (κ2) is 9.40. The Morgan fingerprint density at radius 1 is 1.26 bits per heavy atom. The molecule has 0 aromatic heterocycles. The van der Waals surface area contributed by atoms with E-state index in [1.54, 1.807) is 0 Å². The van der Waals surface area contributed by atoms with Gasteiger partial charge in [-0.1, -0.05) is 11.6 Å². The van der Waals surface area contributed by atoms with E-state index in [0.29, 0.717) is 0 Å². The maximum atomic E-state index is 12.3. The Morgan fingerprint density at radius 3 is 2.61 bits per heavy atom. The minimum absolute atomic E-state index is 0.0657. The van der Waals surface area contributed by atoms with Crippen molar-refractivity contribution in [1.82, 2.24) is 15.1 Å². The highest BCUT2D eigenvalue weighted by Gasteiger charge is 2.25. The quantitative estimate of drug-likeness (QED) is 0.695. The number of aliphatic hydroxyl groups excluding tert-OH is 1. The molecule has 0 spiro atoms. The number of hydrogen-bond donors (Lipinski definition) is 2. The summed E-state index contributed by atoms with van der Waals surface area (Å²) < 4.78 is 0. The maximum Gasteiger partial charge on any atom is 0.237 e. The van der Waals surface area contributed by atoms with Crippen molar-refractivity contribution in [2.75, 3.05) is 39.3 Å². The number of piperazine rings is 1. The van der Waals surface area contributed by atoms with Gasteiger partial charge in [0.15, 0.2) is 0 Å². The monoisotopic (exact) mass is 323 g/mol. The van der Waals surface area contributed by atoms with Gasteiger partial charge in [0.1, 0.15) is 0 Å². The highest BCUT2D eigenvalue weighted by molar-refractivity contribution is 5.81. The molecule has 0 saturated carbocycles. The summed E-state index contributed by atoms with van der Waals surface area (Å²) in [4.78, 5) is 16.8. The fourth-order valence-electron chi connectivity index (χ4n) is 3.50. The average Bonchev–Trinajstić information content (AvgIpc) is 2.55. The van der Waals surface area contributed by atoms with Gasteiger partial charge < -0.3 is 10.4 Å². The third-order valence-corrected chi connectivity index (χ3v) is 4.99. The summed E-state index contributed by atoms with van der Waals surface area (Å²) in [6, 6.07) is -0.0657. The van der Waals surface area contributed by atoms with Gasteiger partial charge in [0.2, 0.25) is 5.91 Å². The van der Waals surface area contributed by atoms with E-state index in [-0.39, 0.29) is 18.1 Å². The Kier molecular flexibility index (Phi) is 7.53. The van der Waals surface area contributed by atoms with E-state index in [4.69, 9.17) is 0 Å². The molecule has 23 heavy (non-hydrogen) atoms. The molecule has 1 amide bonds. The van der Waals surface area contributed by atoms with Crippen LogP contribution in [0.2, 0.25) is 0 Å². The van der Waals surface area contributed by atoms with Crippen molar-refractivity contribution in [1.29, 1.82) is 0 Å². The first kappa shape index (κ1) is 18.4. The van der Waals surface area contributed by atoms with E-state index in [1.165, 1.54) is 31.3 Å². The molecule has 0 aromatic carbocycles. The van der Waals surface area contributed by atoms with Crippen molar-refractivity contribution in [2.45, 2.75) is 58.1 Å². The van der Waals surface area contributed by atoms with Crippen molar-refractivity contribution in [3.05, 3.63) is 11.6 Å². The average molecular weight is 323 g/mol. The van der Waals surface area contributed by atoms with Crippen molar-refractivity contribution in [2.24, 2.45) is 0 Å². The van der Waals surface area contributed by atoms with Gasteiger partial charge in [-0.3, -0.25) is 14.6 Å². The Bertz CT molecular complexity index is 401. The van der Waals surface area contributed by atoms with Crippen LogP contribution in [0.4, 0.5) is 0 Å². The molecular formula is C18H33N3O2. The first-order chi connectivity index (χ1) is 11.1. The van der Waals surface area contributed by atoms with E-state index in [9.17, 15) is 9.90 Å². The van der Waals surface area contributed by atoms with Crippen LogP contribution in [-0.4, -0.2) is 72.2 Å². The summed E-state index contributed by atoms with van der Waals surface area (Å²) in [5.74, 6) is 0.144. The first-order valence-electron chi connectivity index (χ1n) is 9.16. The van der Waals surface area contributed by atoms with Crippen LogP contribution in [0.3, 0.4) is 0 Å². The zero-order chi connectivity index (χ0) is 16.7. The molecule has 5 nitrogen and oxygen atoms in total. The van der Waals surface area contributed by atoms with Crippen LogP contribution in [-0.2, 0) is 4.79 Å². The van der Waals surface area contributed by atoms with Crippen molar-refractivity contribution in [3.63, 3.8) is 0 Å². The Labute approximate surface area is 140 Å². The fourth-order valence-corrected chi connectivity index (χ4v) is 3.50. The molecule has 5 heteroatoms. The molecule has 1 aliphatic heterocycles. The Hall–Kier alpha value is -0.910. The molecule has 2 aliphatic rings. The number of allylic oxidation sites excluding steroid dienone is 1. The van der Waals surface area contributed by atoms with Crippen LogP contribution in [0, 0.1) is 0 Å². The third kappa shape index (κ3) is 6.24. The summed E-state index contributed by atoms with van der Waals surface area (Å²) >= 11 is 0. The van der Waals surface area contributed by atoms with Gasteiger partial charge in [-0.05, 0) is 46.0 Å². The number of aliphatic hydroxyl groups is 1. The van der Waals surface area contributed by atoms with E-state index in [2.05, 4.69) is 21.2 Å². The summed E-state index contributed by atoms with van der Waals surface area (Å²) in [5, 5.41) is 12.5. The summed E-state index contributed by atoms with van der Waals surface area (Å²) in [6.07, 6.45) is 8.09. The lowest BCUT2D eigenvalue weighted by Crippen LogP contribution is -2.54. The first-order valence-corrected chi connectivity index (χ1v) is 9.16. The molecule has 1 heterocycles. The van der Waals surface area contributed by atoms with Gasteiger partial charge in [-0.25, -0.2) is 0 Å². The minimum Gasteiger partial charge on any atom is -0.392 e. The smallest absolute Gasteiger partial charge is 0.237 e. The van der Waals surface area contributed by atoms with Gasteiger partial charge in [0.05, 0.1) is 12.1 Å². The molecular weight excluding hydrogens is 290 g/mol. The molecule has 1 saturated heterocycles. The Balaban J connectivity index is 1.65.